The Bertz CT molecular complexity index is 416. The number of hydrogen-bond donors (Lipinski definition) is 2. The molecule has 3 unspecified atom stereocenters. The maximum Gasteiger partial charge on any atom is 0.128 e. The van der Waals surface area contributed by atoms with Gasteiger partial charge in [-0.3, -0.25) is 0 Å². The van der Waals surface area contributed by atoms with Crippen molar-refractivity contribution in [3.8, 4) is 0 Å². The Hall–Kier alpha value is -1.09. The van der Waals surface area contributed by atoms with E-state index >= 15 is 0 Å². The van der Waals surface area contributed by atoms with Crippen LogP contribution in [0.15, 0.2) is 12.3 Å². The molecule has 0 saturated heterocycles. The van der Waals surface area contributed by atoms with Crippen molar-refractivity contribution < 1.29 is 0 Å². The standard InChI is InChI=1S/C16H27N3/c1-4-7-18-15(13-6-5-11(2)8-13)14-9-12(3)10-19-16(14)17/h9-11,13,15,18H,4-8H2,1-3H3,(H2,17,19). The fraction of sp³-hybridized carbons (Fsp3) is 0.688. The molecule has 1 aliphatic carbocycles. The van der Waals surface area contributed by atoms with E-state index in [2.05, 4.69) is 37.1 Å². The van der Waals surface area contributed by atoms with Gasteiger partial charge in [-0.05, 0) is 56.2 Å². The van der Waals surface area contributed by atoms with Crippen LogP contribution < -0.4 is 11.1 Å². The van der Waals surface area contributed by atoms with E-state index in [1.165, 1.54) is 30.4 Å². The van der Waals surface area contributed by atoms with Crippen molar-refractivity contribution in [3.63, 3.8) is 0 Å². The van der Waals surface area contributed by atoms with Gasteiger partial charge in [-0.25, -0.2) is 4.98 Å². The Morgan fingerprint density at radius 2 is 2.26 bits per heavy atom. The van der Waals surface area contributed by atoms with Crippen molar-refractivity contribution in [1.29, 1.82) is 0 Å². The first-order valence-corrected chi connectivity index (χ1v) is 7.57. The molecule has 19 heavy (non-hydrogen) atoms. The smallest absolute Gasteiger partial charge is 0.128 e. The van der Waals surface area contributed by atoms with Gasteiger partial charge < -0.3 is 11.1 Å². The molecular formula is C16H27N3. The first-order valence-electron chi connectivity index (χ1n) is 7.57. The van der Waals surface area contributed by atoms with Crippen LogP contribution in [0.4, 0.5) is 5.82 Å². The topological polar surface area (TPSA) is 50.9 Å². The lowest BCUT2D eigenvalue weighted by molar-refractivity contribution is 0.359. The molecule has 3 atom stereocenters. The minimum atomic E-state index is 0.372. The van der Waals surface area contributed by atoms with Gasteiger partial charge in [-0.1, -0.05) is 20.3 Å². The Morgan fingerprint density at radius 1 is 1.47 bits per heavy atom. The largest absolute Gasteiger partial charge is 0.383 e. The lowest BCUT2D eigenvalue weighted by Gasteiger charge is -2.26. The van der Waals surface area contributed by atoms with E-state index in [1.807, 2.05) is 6.20 Å². The molecule has 0 amide bonds. The third kappa shape index (κ3) is 3.47. The Labute approximate surface area is 117 Å². The summed E-state index contributed by atoms with van der Waals surface area (Å²) < 4.78 is 0. The third-order valence-corrected chi connectivity index (χ3v) is 4.24. The summed E-state index contributed by atoms with van der Waals surface area (Å²) in [7, 11) is 0. The zero-order valence-corrected chi connectivity index (χ0v) is 12.4. The number of nitrogens with two attached hydrogens (primary N) is 1. The van der Waals surface area contributed by atoms with E-state index < -0.39 is 0 Å². The minimum absolute atomic E-state index is 0.372. The quantitative estimate of drug-likeness (QED) is 0.853. The molecule has 0 bridgehead atoms. The van der Waals surface area contributed by atoms with E-state index in [-0.39, 0.29) is 0 Å². The fourth-order valence-electron chi connectivity index (χ4n) is 3.24. The highest BCUT2D eigenvalue weighted by Gasteiger charge is 2.30. The number of pyridine rings is 1. The summed E-state index contributed by atoms with van der Waals surface area (Å²) in [4.78, 5) is 4.34. The van der Waals surface area contributed by atoms with Crippen molar-refractivity contribution in [2.24, 2.45) is 11.8 Å². The number of nitrogen functional groups attached to an aromatic ring is 1. The number of aromatic nitrogens is 1. The van der Waals surface area contributed by atoms with Crippen molar-refractivity contribution in [3.05, 3.63) is 23.4 Å². The molecule has 2 rings (SSSR count). The number of nitrogens with one attached hydrogen (secondary N) is 1. The highest BCUT2D eigenvalue weighted by Crippen LogP contribution is 2.40. The maximum atomic E-state index is 6.11. The van der Waals surface area contributed by atoms with Crippen LogP contribution >= 0.6 is 0 Å². The van der Waals surface area contributed by atoms with Crippen LogP contribution in [0.5, 0.6) is 0 Å². The molecule has 1 saturated carbocycles. The van der Waals surface area contributed by atoms with Crippen LogP contribution in [-0.2, 0) is 0 Å². The van der Waals surface area contributed by atoms with E-state index in [1.54, 1.807) is 0 Å². The normalized spacial score (nSPS) is 24.6. The van der Waals surface area contributed by atoms with Crippen molar-refractivity contribution >= 4 is 5.82 Å². The molecule has 106 valence electrons. The maximum absolute atomic E-state index is 6.11. The number of nitrogens with zero attached hydrogens (tertiary/aromatic N) is 1. The summed E-state index contributed by atoms with van der Waals surface area (Å²) >= 11 is 0. The molecule has 3 heteroatoms. The highest BCUT2D eigenvalue weighted by molar-refractivity contribution is 5.43. The lowest BCUT2D eigenvalue weighted by atomic mass is 9.90. The molecule has 0 aliphatic heterocycles. The average Bonchev–Trinajstić information content (AvgIpc) is 2.80. The van der Waals surface area contributed by atoms with Crippen molar-refractivity contribution in [1.82, 2.24) is 10.3 Å². The van der Waals surface area contributed by atoms with Gasteiger partial charge in [0.2, 0.25) is 0 Å². The monoisotopic (exact) mass is 261 g/mol. The van der Waals surface area contributed by atoms with Gasteiger partial charge in [-0.15, -0.1) is 0 Å². The lowest BCUT2D eigenvalue weighted by Crippen LogP contribution is -2.29. The summed E-state index contributed by atoms with van der Waals surface area (Å²) in [5.41, 5.74) is 8.51. The average molecular weight is 261 g/mol. The number of rotatable bonds is 5. The molecule has 0 aromatic carbocycles. The molecule has 3 nitrogen and oxygen atoms in total. The van der Waals surface area contributed by atoms with Crippen LogP contribution in [0.1, 0.15) is 56.7 Å². The fourth-order valence-corrected chi connectivity index (χ4v) is 3.24. The molecule has 1 aromatic rings. The van der Waals surface area contributed by atoms with Crippen molar-refractivity contribution in [2.45, 2.75) is 52.5 Å². The second-order valence-electron chi connectivity index (χ2n) is 6.10. The summed E-state index contributed by atoms with van der Waals surface area (Å²) in [6.07, 6.45) is 6.95. The highest BCUT2D eigenvalue weighted by atomic mass is 14.9. The first-order chi connectivity index (χ1) is 9.11. The van der Waals surface area contributed by atoms with Gasteiger partial charge in [0, 0.05) is 17.8 Å². The minimum Gasteiger partial charge on any atom is -0.383 e. The summed E-state index contributed by atoms with van der Waals surface area (Å²) in [6.45, 7) is 7.70. The molecule has 0 radical (unpaired) electrons. The summed E-state index contributed by atoms with van der Waals surface area (Å²) in [6, 6.07) is 2.58. The van der Waals surface area contributed by atoms with E-state index in [9.17, 15) is 0 Å². The zero-order chi connectivity index (χ0) is 13.8. The number of anilines is 1. The second kappa shape index (κ2) is 6.38. The van der Waals surface area contributed by atoms with Gasteiger partial charge >= 0.3 is 0 Å². The molecule has 3 N–H and O–H groups in total. The Morgan fingerprint density at radius 3 is 2.89 bits per heavy atom. The predicted molar refractivity (Wildman–Crippen MR) is 80.9 cm³/mol. The van der Waals surface area contributed by atoms with E-state index in [0.717, 1.165) is 18.9 Å². The van der Waals surface area contributed by atoms with E-state index in [0.29, 0.717) is 17.8 Å². The van der Waals surface area contributed by atoms with Crippen LogP contribution in [-0.4, -0.2) is 11.5 Å². The van der Waals surface area contributed by atoms with E-state index in [4.69, 9.17) is 5.73 Å². The van der Waals surface area contributed by atoms with Crippen LogP contribution in [0.3, 0.4) is 0 Å². The first kappa shape index (κ1) is 14.3. The van der Waals surface area contributed by atoms with Gasteiger partial charge in [0.25, 0.3) is 0 Å². The number of hydrogen-bond acceptors (Lipinski definition) is 3. The predicted octanol–water partition coefficient (Wildman–Crippen LogP) is 3.45. The molecule has 1 fully saturated rings. The Kier molecular flexibility index (Phi) is 4.81. The summed E-state index contributed by atoms with van der Waals surface area (Å²) in [5, 5.41) is 3.70. The molecule has 0 spiro atoms. The van der Waals surface area contributed by atoms with Gasteiger partial charge in [-0.2, -0.15) is 0 Å². The molecule has 1 heterocycles. The van der Waals surface area contributed by atoms with Gasteiger partial charge in [0.05, 0.1) is 0 Å². The van der Waals surface area contributed by atoms with Gasteiger partial charge in [0.15, 0.2) is 0 Å². The SMILES string of the molecule is CCCNC(c1cc(C)cnc1N)C1CCC(C)C1. The second-order valence-corrected chi connectivity index (χ2v) is 6.10. The van der Waals surface area contributed by atoms with Gasteiger partial charge in [0.1, 0.15) is 5.82 Å². The van der Waals surface area contributed by atoms with Crippen molar-refractivity contribution in [2.75, 3.05) is 12.3 Å². The number of aryl methyl sites for hydroxylation is 1. The van der Waals surface area contributed by atoms with Crippen LogP contribution in [0, 0.1) is 18.8 Å². The third-order valence-electron chi connectivity index (χ3n) is 4.24. The molecule has 1 aromatic heterocycles. The molecule has 1 aliphatic rings. The van der Waals surface area contributed by atoms with Crippen LogP contribution in [0.2, 0.25) is 0 Å². The molecular weight excluding hydrogens is 234 g/mol. The van der Waals surface area contributed by atoms with Crippen LogP contribution in [0.25, 0.3) is 0 Å². The summed E-state index contributed by atoms with van der Waals surface area (Å²) in [5.74, 6) is 2.24. The zero-order valence-electron chi connectivity index (χ0n) is 12.4. The Balaban J connectivity index is 2.23.